The van der Waals surface area contributed by atoms with Crippen LogP contribution in [0.2, 0.25) is 0 Å². The van der Waals surface area contributed by atoms with Crippen molar-refractivity contribution < 1.29 is 19.1 Å². The molecule has 0 spiro atoms. The summed E-state index contributed by atoms with van der Waals surface area (Å²) >= 11 is 2.66. The zero-order valence-electron chi connectivity index (χ0n) is 22.2. The van der Waals surface area contributed by atoms with Crippen LogP contribution in [-0.2, 0) is 9.53 Å². The molecule has 0 fully saturated rings. The van der Waals surface area contributed by atoms with Gasteiger partial charge in [-0.25, -0.2) is 4.79 Å². The second-order valence-corrected chi connectivity index (χ2v) is 11.3. The molecule has 0 radical (unpaired) electrons. The lowest BCUT2D eigenvalue weighted by Gasteiger charge is -2.14. The third kappa shape index (κ3) is 7.16. The monoisotopic (exact) mass is 558 g/mol. The van der Waals surface area contributed by atoms with Gasteiger partial charge in [-0.1, -0.05) is 53.6 Å². The van der Waals surface area contributed by atoms with Crippen molar-refractivity contribution in [1.82, 2.24) is 0 Å². The molecule has 4 aromatic rings. The van der Waals surface area contributed by atoms with Crippen LogP contribution in [0.4, 0.5) is 10.7 Å². The summed E-state index contributed by atoms with van der Waals surface area (Å²) in [4.78, 5) is 39.5. The van der Waals surface area contributed by atoms with E-state index < -0.39 is 11.2 Å². The molecule has 2 N–H and O–H groups in total. The number of thiophene rings is 1. The number of aryl methyl sites for hydroxylation is 2. The summed E-state index contributed by atoms with van der Waals surface area (Å²) < 4.78 is 5.31. The predicted molar refractivity (Wildman–Crippen MR) is 160 cm³/mol. The average molecular weight is 559 g/mol. The second-order valence-electron chi connectivity index (χ2n) is 9.04. The lowest BCUT2D eigenvalue weighted by atomic mass is 10.0. The molecule has 0 saturated heterocycles. The van der Waals surface area contributed by atoms with E-state index in [0.29, 0.717) is 21.8 Å². The van der Waals surface area contributed by atoms with Gasteiger partial charge in [-0.2, -0.15) is 0 Å². The highest BCUT2D eigenvalue weighted by Gasteiger charge is 2.24. The number of rotatable bonds is 9. The Kier molecular flexibility index (Phi) is 9.22. The highest BCUT2D eigenvalue weighted by atomic mass is 32.2. The fourth-order valence-corrected chi connectivity index (χ4v) is 5.80. The molecule has 1 aromatic heterocycles. The van der Waals surface area contributed by atoms with Gasteiger partial charge < -0.3 is 15.4 Å². The molecule has 0 bridgehead atoms. The molecule has 0 aliphatic carbocycles. The van der Waals surface area contributed by atoms with E-state index in [1.54, 1.807) is 19.9 Å². The van der Waals surface area contributed by atoms with Crippen LogP contribution in [0.15, 0.2) is 83.1 Å². The van der Waals surface area contributed by atoms with E-state index in [0.717, 1.165) is 27.1 Å². The standard InChI is InChI=1S/C31H30N2O4S2/c1-5-37-31(36)27-26(22-14-12-19(2)13-15-22)18-38-30(27)33-28(34)21(4)39-25-11-7-10-24(17-25)32-29(35)23-9-6-8-20(3)16-23/h6-18,21H,5H2,1-4H3,(H,32,35)(H,33,34). The summed E-state index contributed by atoms with van der Waals surface area (Å²) in [6, 6.07) is 22.6. The number of carbonyl (C=O) groups excluding carboxylic acids is 3. The summed E-state index contributed by atoms with van der Waals surface area (Å²) in [5.74, 6) is -0.903. The lowest BCUT2D eigenvalue weighted by molar-refractivity contribution is -0.115. The maximum absolute atomic E-state index is 13.2. The predicted octanol–water partition coefficient (Wildman–Crippen LogP) is 7.58. The molecule has 0 aliphatic heterocycles. The van der Waals surface area contributed by atoms with Gasteiger partial charge in [0.25, 0.3) is 5.91 Å². The fourth-order valence-electron chi connectivity index (χ4n) is 3.91. The zero-order chi connectivity index (χ0) is 27.9. The number of benzene rings is 3. The van der Waals surface area contributed by atoms with Crippen molar-refractivity contribution in [2.75, 3.05) is 17.2 Å². The van der Waals surface area contributed by atoms with Crippen molar-refractivity contribution in [3.63, 3.8) is 0 Å². The Morgan fingerprint density at radius 2 is 1.67 bits per heavy atom. The minimum Gasteiger partial charge on any atom is -0.462 e. The van der Waals surface area contributed by atoms with Gasteiger partial charge in [0.2, 0.25) is 5.91 Å². The molecule has 0 aliphatic rings. The number of carbonyl (C=O) groups is 3. The fraction of sp³-hybridized carbons (Fsp3) is 0.194. The number of amides is 2. The number of hydrogen-bond donors (Lipinski definition) is 2. The van der Waals surface area contributed by atoms with Gasteiger partial charge in [0.05, 0.1) is 11.9 Å². The van der Waals surface area contributed by atoms with Gasteiger partial charge in [-0.3, -0.25) is 9.59 Å². The van der Waals surface area contributed by atoms with Gasteiger partial charge in [-0.05, 0) is 63.6 Å². The van der Waals surface area contributed by atoms with E-state index in [4.69, 9.17) is 4.74 Å². The summed E-state index contributed by atoms with van der Waals surface area (Å²) in [6.45, 7) is 7.73. The van der Waals surface area contributed by atoms with Crippen molar-refractivity contribution in [1.29, 1.82) is 0 Å². The Balaban J connectivity index is 1.47. The van der Waals surface area contributed by atoms with Crippen molar-refractivity contribution in [2.24, 2.45) is 0 Å². The first-order valence-corrected chi connectivity index (χ1v) is 14.3. The van der Waals surface area contributed by atoms with E-state index in [1.165, 1.54) is 23.1 Å². The van der Waals surface area contributed by atoms with Crippen LogP contribution in [-0.4, -0.2) is 29.6 Å². The Morgan fingerprint density at radius 3 is 2.38 bits per heavy atom. The number of thioether (sulfide) groups is 1. The van der Waals surface area contributed by atoms with Crippen molar-refractivity contribution in [3.05, 3.63) is 100 Å². The Bertz CT molecular complexity index is 1490. The molecule has 8 heteroatoms. The molecule has 1 heterocycles. The number of esters is 1. The van der Waals surface area contributed by atoms with Crippen LogP contribution in [0.5, 0.6) is 0 Å². The smallest absolute Gasteiger partial charge is 0.341 e. The van der Waals surface area contributed by atoms with E-state index in [1.807, 2.05) is 86.0 Å². The largest absolute Gasteiger partial charge is 0.462 e. The molecular weight excluding hydrogens is 528 g/mol. The van der Waals surface area contributed by atoms with Gasteiger partial charge in [-0.15, -0.1) is 23.1 Å². The summed E-state index contributed by atoms with van der Waals surface area (Å²) in [7, 11) is 0. The van der Waals surface area contributed by atoms with E-state index in [2.05, 4.69) is 10.6 Å². The SMILES string of the molecule is CCOC(=O)c1c(-c2ccc(C)cc2)csc1NC(=O)C(C)Sc1cccc(NC(=O)c2cccc(C)c2)c1. The molecule has 4 rings (SSSR count). The maximum atomic E-state index is 13.2. The summed E-state index contributed by atoms with van der Waals surface area (Å²) in [6.07, 6.45) is 0. The maximum Gasteiger partial charge on any atom is 0.341 e. The third-order valence-corrected chi connectivity index (χ3v) is 7.91. The Morgan fingerprint density at radius 1 is 0.923 bits per heavy atom. The number of nitrogens with one attached hydrogen (secondary N) is 2. The molecule has 0 saturated carbocycles. The highest BCUT2D eigenvalue weighted by Crippen LogP contribution is 2.37. The normalized spacial score (nSPS) is 11.5. The highest BCUT2D eigenvalue weighted by molar-refractivity contribution is 8.00. The molecule has 3 aromatic carbocycles. The minimum atomic E-state index is -0.470. The zero-order valence-corrected chi connectivity index (χ0v) is 23.9. The molecule has 1 atom stereocenters. The van der Waals surface area contributed by atoms with Crippen molar-refractivity contribution >= 4 is 51.6 Å². The summed E-state index contributed by atoms with van der Waals surface area (Å²) in [5, 5.41) is 7.71. The Labute approximate surface area is 236 Å². The van der Waals surface area contributed by atoms with Crippen LogP contribution >= 0.6 is 23.1 Å². The topological polar surface area (TPSA) is 84.5 Å². The molecule has 6 nitrogen and oxygen atoms in total. The molecule has 2 amide bonds. The first-order valence-electron chi connectivity index (χ1n) is 12.6. The van der Waals surface area contributed by atoms with E-state index in [-0.39, 0.29) is 18.4 Å². The number of ether oxygens (including phenoxy) is 1. The van der Waals surface area contributed by atoms with Crippen LogP contribution in [0.1, 0.15) is 45.7 Å². The average Bonchev–Trinajstić information content (AvgIpc) is 3.33. The Hall–Kier alpha value is -3.88. The molecule has 39 heavy (non-hydrogen) atoms. The lowest BCUT2D eigenvalue weighted by Crippen LogP contribution is -2.23. The van der Waals surface area contributed by atoms with Gasteiger partial charge in [0.1, 0.15) is 10.6 Å². The van der Waals surface area contributed by atoms with Crippen LogP contribution in [0, 0.1) is 13.8 Å². The first-order chi connectivity index (χ1) is 18.7. The summed E-state index contributed by atoms with van der Waals surface area (Å²) in [5.41, 5.74) is 5.32. The van der Waals surface area contributed by atoms with Crippen LogP contribution in [0.25, 0.3) is 11.1 Å². The van der Waals surface area contributed by atoms with Crippen molar-refractivity contribution in [2.45, 2.75) is 37.8 Å². The van der Waals surface area contributed by atoms with Crippen LogP contribution in [0.3, 0.4) is 0 Å². The number of hydrogen-bond acceptors (Lipinski definition) is 6. The van der Waals surface area contributed by atoms with Crippen LogP contribution < -0.4 is 10.6 Å². The van der Waals surface area contributed by atoms with Gasteiger partial charge >= 0.3 is 5.97 Å². The van der Waals surface area contributed by atoms with Gasteiger partial charge in [0, 0.05) is 27.1 Å². The van der Waals surface area contributed by atoms with E-state index >= 15 is 0 Å². The minimum absolute atomic E-state index is 0.194. The molecule has 200 valence electrons. The third-order valence-electron chi connectivity index (χ3n) is 5.92. The second kappa shape index (κ2) is 12.8. The van der Waals surface area contributed by atoms with Gasteiger partial charge in [0.15, 0.2) is 0 Å². The van der Waals surface area contributed by atoms with Crippen molar-refractivity contribution in [3.8, 4) is 11.1 Å². The van der Waals surface area contributed by atoms with E-state index in [9.17, 15) is 14.4 Å². The quantitative estimate of drug-likeness (QED) is 0.163. The number of anilines is 2. The molecule has 1 unspecified atom stereocenters. The first kappa shape index (κ1) is 28.1. The molecular formula is C31H30N2O4S2.